The number of nitrogens with zero attached hydrogens (tertiary/aromatic N) is 2. The van der Waals surface area contributed by atoms with Crippen molar-refractivity contribution in [3.8, 4) is 0 Å². The summed E-state index contributed by atoms with van der Waals surface area (Å²) in [6.45, 7) is 8.76. The van der Waals surface area contributed by atoms with Gasteiger partial charge in [0.25, 0.3) is 0 Å². The van der Waals surface area contributed by atoms with Crippen LogP contribution in [0, 0.1) is 0 Å². The van der Waals surface area contributed by atoms with Crippen LogP contribution in [0.15, 0.2) is 24.3 Å². The number of rotatable bonds is 5. The number of hydrogen-bond acceptors (Lipinski definition) is 5. The molecule has 2 rings (SSSR count). The van der Waals surface area contributed by atoms with Gasteiger partial charge in [0.15, 0.2) is 0 Å². The van der Waals surface area contributed by atoms with Gasteiger partial charge in [0.05, 0.1) is 0 Å². The maximum atomic E-state index is 12.1. The zero-order valence-electron chi connectivity index (χ0n) is 16.2. The maximum absolute atomic E-state index is 12.1. The smallest absolute Gasteiger partial charge is 0.410 e. The van der Waals surface area contributed by atoms with E-state index >= 15 is 0 Å². The SMILES string of the molecule is CC(C)(C)OC(=O)N1CCN(CCC(=O)Nc2ccc(C(N)=O)cc2)CC1. The molecule has 8 heteroatoms. The topological polar surface area (TPSA) is 105 Å². The molecule has 0 radical (unpaired) electrons. The molecule has 8 nitrogen and oxygen atoms in total. The molecule has 1 aromatic carbocycles. The molecule has 0 aromatic heterocycles. The highest BCUT2D eigenvalue weighted by molar-refractivity contribution is 5.94. The lowest BCUT2D eigenvalue weighted by Gasteiger charge is -2.35. The van der Waals surface area contributed by atoms with Crippen molar-refractivity contribution in [3.63, 3.8) is 0 Å². The van der Waals surface area contributed by atoms with Crippen molar-refractivity contribution in [2.24, 2.45) is 5.73 Å². The first-order chi connectivity index (χ1) is 12.6. The molecule has 0 atom stereocenters. The Hall–Kier alpha value is -2.61. The molecular weight excluding hydrogens is 348 g/mol. The van der Waals surface area contributed by atoms with Crippen molar-refractivity contribution in [1.82, 2.24) is 9.80 Å². The number of nitrogens with one attached hydrogen (secondary N) is 1. The van der Waals surface area contributed by atoms with Gasteiger partial charge in [-0.1, -0.05) is 0 Å². The standard InChI is InChI=1S/C19H28N4O4/c1-19(2,3)27-18(26)23-12-10-22(11-13-23)9-8-16(24)21-15-6-4-14(5-7-15)17(20)25/h4-7H,8-13H2,1-3H3,(H2,20,25)(H,21,24). The van der Waals surface area contributed by atoms with E-state index in [2.05, 4.69) is 10.2 Å². The van der Waals surface area contributed by atoms with Crippen LogP contribution >= 0.6 is 0 Å². The zero-order valence-corrected chi connectivity index (χ0v) is 16.2. The number of carbonyl (C=O) groups excluding carboxylic acids is 3. The van der Waals surface area contributed by atoms with Gasteiger partial charge < -0.3 is 20.7 Å². The molecule has 0 aliphatic carbocycles. The lowest BCUT2D eigenvalue weighted by Crippen LogP contribution is -2.50. The molecule has 1 aromatic rings. The van der Waals surface area contributed by atoms with Crippen LogP contribution in [0.2, 0.25) is 0 Å². The zero-order chi connectivity index (χ0) is 20.0. The second kappa shape index (κ2) is 8.85. The van der Waals surface area contributed by atoms with E-state index in [1.165, 1.54) is 0 Å². The number of nitrogens with two attached hydrogens (primary N) is 1. The van der Waals surface area contributed by atoms with Crippen LogP contribution in [0.3, 0.4) is 0 Å². The predicted molar refractivity (Wildman–Crippen MR) is 102 cm³/mol. The van der Waals surface area contributed by atoms with E-state index in [1.807, 2.05) is 20.8 Å². The number of piperazine rings is 1. The highest BCUT2D eigenvalue weighted by atomic mass is 16.6. The summed E-state index contributed by atoms with van der Waals surface area (Å²) in [4.78, 5) is 39.0. The van der Waals surface area contributed by atoms with Crippen molar-refractivity contribution >= 4 is 23.6 Å². The minimum atomic E-state index is -0.501. The van der Waals surface area contributed by atoms with Gasteiger partial charge in [0.2, 0.25) is 11.8 Å². The maximum Gasteiger partial charge on any atom is 0.410 e. The summed E-state index contributed by atoms with van der Waals surface area (Å²) in [5.74, 6) is -0.602. The van der Waals surface area contributed by atoms with Gasteiger partial charge in [-0.25, -0.2) is 4.79 Å². The number of hydrogen-bond donors (Lipinski definition) is 2. The molecule has 1 saturated heterocycles. The summed E-state index contributed by atoms with van der Waals surface area (Å²) in [5, 5.41) is 2.80. The molecule has 3 N–H and O–H groups in total. The third-order valence-electron chi connectivity index (χ3n) is 4.13. The molecule has 1 aliphatic heterocycles. The van der Waals surface area contributed by atoms with Crippen LogP contribution in [0.25, 0.3) is 0 Å². The highest BCUT2D eigenvalue weighted by Gasteiger charge is 2.25. The fraction of sp³-hybridized carbons (Fsp3) is 0.526. The molecule has 0 unspecified atom stereocenters. The van der Waals surface area contributed by atoms with Crippen molar-refractivity contribution < 1.29 is 19.1 Å². The van der Waals surface area contributed by atoms with E-state index in [0.717, 1.165) is 0 Å². The average molecular weight is 376 g/mol. The lowest BCUT2D eigenvalue weighted by molar-refractivity contribution is -0.116. The Balaban J connectivity index is 1.71. The fourth-order valence-electron chi connectivity index (χ4n) is 2.68. The van der Waals surface area contributed by atoms with Gasteiger partial charge in [0.1, 0.15) is 5.60 Å². The van der Waals surface area contributed by atoms with Crippen molar-refractivity contribution in [1.29, 1.82) is 0 Å². The molecule has 1 fully saturated rings. The van der Waals surface area contributed by atoms with E-state index < -0.39 is 11.5 Å². The van der Waals surface area contributed by atoms with E-state index in [0.29, 0.717) is 50.4 Å². The molecule has 148 valence electrons. The Labute approximate surface area is 159 Å². The number of carbonyl (C=O) groups is 3. The molecule has 0 bridgehead atoms. The van der Waals surface area contributed by atoms with Gasteiger partial charge in [-0.05, 0) is 45.0 Å². The van der Waals surface area contributed by atoms with Crippen LogP contribution in [-0.2, 0) is 9.53 Å². The van der Waals surface area contributed by atoms with Gasteiger partial charge in [-0.3, -0.25) is 14.5 Å². The third-order valence-corrected chi connectivity index (χ3v) is 4.13. The Bertz CT molecular complexity index is 674. The molecule has 27 heavy (non-hydrogen) atoms. The summed E-state index contributed by atoms with van der Waals surface area (Å²) >= 11 is 0. The van der Waals surface area contributed by atoms with Gasteiger partial charge >= 0.3 is 6.09 Å². The highest BCUT2D eigenvalue weighted by Crippen LogP contribution is 2.13. The minimum Gasteiger partial charge on any atom is -0.444 e. The summed E-state index contributed by atoms with van der Waals surface area (Å²) in [6.07, 6.45) is 0.0589. The van der Waals surface area contributed by atoms with E-state index in [4.69, 9.17) is 10.5 Å². The first-order valence-corrected chi connectivity index (χ1v) is 9.04. The Morgan fingerprint density at radius 3 is 2.19 bits per heavy atom. The lowest BCUT2D eigenvalue weighted by atomic mass is 10.2. The first kappa shape index (κ1) is 20.7. The molecule has 1 aliphatic rings. The Morgan fingerprint density at radius 1 is 1.07 bits per heavy atom. The van der Waals surface area contributed by atoms with Crippen LogP contribution in [0.5, 0.6) is 0 Å². The molecule has 0 saturated carbocycles. The van der Waals surface area contributed by atoms with Crippen LogP contribution < -0.4 is 11.1 Å². The molecule has 3 amide bonds. The van der Waals surface area contributed by atoms with Crippen LogP contribution in [0.4, 0.5) is 10.5 Å². The largest absolute Gasteiger partial charge is 0.444 e. The summed E-state index contributed by atoms with van der Waals surface area (Å²) < 4.78 is 5.38. The van der Waals surface area contributed by atoms with E-state index in [1.54, 1.807) is 29.2 Å². The normalized spacial score (nSPS) is 15.3. The second-order valence-electron chi connectivity index (χ2n) is 7.55. The third kappa shape index (κ3) is 6.90. The second-order valence-corrected chi connectivity index (χ2v) is 7.55. The summed E-state index contributed by atoms with van der Waals surface area (Å²) in [7, 11) is 0. The monoisotopic (exact) mass is 376 g/mol. The van der Waals surface area contributed by atoms with Crippen LogP contribution in [0.1, 0.15) is 37.6 Å². The number of ether oxygens (including phenoxy) is 1. The average Bonchev–Trinajstić information content (AvgIpc) is 2.59. The van der Waals surface area contributed by atoms with Gasteiger partial charge in [-0.15, -0.1) is 0 Å². The number of amides is 3. The van der Waals surface area contributed by atoms with Crippen molar-refractivity contribution in [3.05, 3.63) is 29.8 Å². The van der Waals surface area contributed by atoms with Crippen LogP contribution in [-0.4, -0.2) is 66.0 Å². The summed E-state index contributed by atoms with van der Waals surface area (Å²) in [6, 6.07) is 6.46. The minimum absolute atomic E-state index is 0.101. The Kier molecular flexibility index (Phi) is 6.79. The molecule has 1 heterocycles. The number of benzene rings is 1. The number of primary amides is 1. The van der Waals surface area contributed by atoms with Crippen molar-refractivity contribution in [2.75, 3.05) is 38.0 Å². The first-order valence-electron chi connectivity index (χ1n) is 9.04. The van der Waals surface area contributed by atoms with Gasteiger partial charge in [-0.2, -0.15) is 0 Å². The van der Waals surface area contributed by atoms with E-state index in [9.17, 15) is 14.4 Å². The van der Waals surface area contributed by atoms with Gasteiger partial charge in [0, 0.05) is 50.4 Å². The summed E-state index contributed by atoms with van der Waals surface area (Å²) in [5.41, 5.74) is 5.72. The Morgan fingerprint density at radius 2 is 1.67 bits per heavy atom. The van der Waals surface area contributed by atoms with E-state index in [-0.39, 0.29) is 12.0 Å². The molecule has 0 spiro atoms. The quantitative estimate of drug-likeness (QED) is 0.813. The molecular formula is C19H28N4O4. The number of anilines is 1. The van der Waals surface area contributed by atoms with Crippen molar-refractivity contribution in [2.45, 2.75) is 32.8 Å². The predicted octanol–water partition coefficient (Wildman–Crippen LogP) is 1.67. The fourth-order valence-corrected chi connectivity index (χ4v) is 2.68.